The van der Waals surface area contributed by atoms with Crippen molar-refractivity contribution in [2.45, 2.75) is 19.4 Å². The highest BCUT2D eigenvalue weighted by Gasteiger charge is 2.13. The van der Waals surface area contributed by atoms with Crippen molar-refractivity contribution in [1.29, 1.82) is 0 Å². The molecule has 1 aromatic rings. The van der Waals surface area contributed by atoms with Crippen LogP contribution in [0.1, 0.15) is 23.7 Å². The summed E-state index contributed by atoms with van der Waals surface area (Å²) < 4.78 is 1.70. The van der Waals surface area contributed by atoms with Gasteiger partial charge in [0.2, 0.25) is 0 Å². The number of benzene rings is 1. The van der Waals surface area contributed by atoms with Gasteiger partial charge in [-0.1, -0.05) is 22.9 Å². The van der Waals surface area contributed by atoms with Crippen molar-refractivity contribution in [2.75, 3.05) is 6.54 Å². The Morgan fingerprint density at radius 3 is 2.69 bits per heavy atom. The average molecular weight is 350 g/mol. The van der Waals surface area contributed by atoms with Gasteiger partial charge in [-0.3, -0.25) is 4.79 Å². The van der Waals surface area contributed by atoms with E-state index in [0.717, 1.165) is 15.4 Å². The van der Waals surface area contributed by atoms with Crippen molar-refractivity contribution in [1.82, 2.24) is 5.32 Å². The third-order valence-corrected chi connectivity index (χ3v) is 3.44. The fourth-order valence-corrected chi connectivity index (χ4v) is 2.49. The summed E-state index contributed by atoms with van der Waals surface area (Å²) in [6, 6.07) is 5.48. The summed E-state index contributed by atoms with van der Waals surface area (Å²) in [6.45, 7) is 2.45. The van der Waals surface area contributed by atoms with Crippen molar-refractivity contribution < 1.29 is 4.79 Å². The molecule has 1 rings (SSSR count). The van der Waals surface area contributed by atoms with E-state index in [4.69, 9.17) is 5.73 Å². The number of carbonyl (C=O) groups excluding carboxylic acids is 1. The van der Waals surface area contributed by atoms with Gasteiger partial charge in [0.25, 0.3) is 5.91 Å². The van der Waals surface area contributed by atoms with E-state index in [-0.39, 0.29) is 11.9 Å². The van der Waals surface area contributed by atoms with Crippen LogP contribution in [0, 0.1) is 0 Å². The summed E-state index contributed by atoms with van der Waals surface area (Å²) in [7, 11) is 0. The number of hydrogen-bond acceptors (Lipinski definition) is 2. The van der Waals surface area contributed by atoms with Crippen LogP contribution >= 0.6 is 31.9 Å². The third kappa shape index (κ3) is 3.57. The highest BCUT2D eigenvalue weighted by atomic mass is 79.9. The Kier molecular flexibility index (Phi) is 5.44. The fraction of sp³-hybridized carbons (Fsp3) is 0.364. The minimum Gasteiger partial charge on any atom is -0.348 e. The molecule has 0 saturated heterocycles. The lowest BCUT2D eigenvalue weighted by Crippen LogP contribution is -2.39. The molecule has 0 radical (unpaired) electrons. The first-order chi connectivity index (χ1) is 7.58. The van der Waals surface area contributed by atoms with Crippen LogP contribution in [-0.4, -0.2) is 18.5 Å². The molecule has 1 aromatic carbocycles. The first-order valence-corrected chi connectivity index (χ1v) is 6.63. The topological polar surface area (TPSA) is 55.1 Å². The molecule has 0 aliphatic carbocycles. The largest absolute Gasteiger partial charge is 0.348 e. The molecule has 0 spiro atoms. The number of rotatable bonds is 4. The van der Waals surface area contributed by atoms with Crippen LogP contribution in [0.5, 0.6) is 0 Å². The Hall–Kier alpha value is -0.390. The predicted octanol–water partition coefficient (Wildman–Crippen LogP) is 2.68. The average Bonchev–Trinajstić information content (AvgIpc) is 2.25. The van der Waals surface area contributed by atoms with Gasteiger partial charge < -0.3 is 11.1 Å². The van der Waals surface area contributed by atoms with Crippen molar-refractivity contribution in [3.05, 3.63) is 32.7 Å². The first kappa shape index (κ1) is 13.7. The molecular formula is C11H14Br2N2O. The number of nitrogens with two attached hydrogens (primary N) is 1. The molecule has 1 atom stereocenters. The van der Waals surface area contributed by atoms with Gasteiger partial charge in [0.15, 0.2) is 0 Å². The van der Waals surface area contributed by atoms with E-state index >= 15 is 0 Å². The minimum atomic E-state index is -0.100. The third-order valence-electron chi connectivity index (χ3n) is 2.29. The summed E-state index contributed by atoms with van der Waals surface area (Å²) in [6.07, 6.45) is 0.830. The molecule has 0 aliphatic rings. The minimum absolute atomic E-state index is 0.0306. The Labute approximate surface area is 112 Å². The lowest BCUT2D eigenvalue weighted by molar-refractivity contribution is 0.0936. The van der Waals surface area contributed by atoms with Crippen LogP contribution < -0.4 is 11.1 Å². The van der Waals surface area contributed by atoms with Crippen molar-refractivity contribution >= 4 is 37.8 Å². The molecule has 0 bridgehead atoms. The van der Waals surface area contributed by atoms with E-state index in [0.29, 0.717) is 12.1 Å². The lowest BCUT2D eigenvalue weighted by atomic mass is 10.1. The molecular weight excluding hydrogens is 336 g/mol. The number of hydrogen-bond donors (Lipinski definition) is 2. The van der Waals surface area contributed by atoms with Crippen molar-refractivity contribution in [3.8, 4) is 0 Å². The summed E-state index contributed by atoms with van der Waals surface area (Å²) in [5, 5.41) is 2.88. The van der Waals surface area contributed by atoms with Crippen molar-refractivity contribution in [2.24, 2.45) is 5.73 Å². The molecule has 3 N–H and O–H groups in total. The number of carbonyl (C=O) groups is 1. The number of nitrogens with one attached hydrogen (secondary N) is 1. The maximum atomic E-state index is 11.9. The summed E-state index contributed by atoms with van der Waals surface area (Å²) in [4.78, 5) is 11.9. The summed E-state index contributed by atoms with van der Waals surface area (Å²) >= 11 is 6.70. The van der Waals surface area contributed by atoms with Crippen LogP contribution in [0.25, 0.3) is 0 Å². The molecule has 5 heteroatoms. The highest BCUT2D eigenvalue weighted by molar-refractivity contribution is 9.11. The molecule has 0 aliphatic heterocycles. The molecule has 1 unspecified atom stereocenters. The molecule has 16 heavy (non-hydrogen) atoms. The van der Waals surface area contributed by atoms with Crippen LogP contribution in [-0.2, 0) is 0 Å². The Balaban J connectivity index is 2.80. The first-order valence-electron chi connectivity index (χ1n) is 5.04. The monoisotopic (exact) mass is 348 g/mol. The lowest BCUT2D eigenvalue weighted by Gasteiger charge is -2.15. The van der Waals surface area contributed by atoms with Gasteiger partial charge >= 0.3 is 0 Å². The van der Waals surface area contributed by atoms with Gasteiger partial charge in [0.1, 0.15) is 0 Å². The highest BCUT2D eigenvalue weighted by Crippen LogP contribution is 2.21. The van der Waals surface area contributed by atoms with Gasteiger partial charge in [-0.25, -0.2) is 0 Å². The summed E-state index contributed by atoms with van der Waals surface area (Å²) in [5.74, 6) is -0.100. The normalized spacial score (nSPS) is 12.2. The number of amides is 1. The molecule has 0 aromatic heterocycles. The van der Waals surface area contributed by atoms with Gasteiger partial charge in [0.05, 0.1) is 5.56 Å². The van der Waals surface area contributed by atoms with E-state index in [9.17, 15) is 4.79 Å². The zero-order valence-corrected chi connectivity index (χ0v) is 12.1. The smallest absolute Gasteiger partial charge is 0.252 e. The van der Waals surface area contributed by atoms with E-state index in [1.807, 2.05) is 19.1 Å². The second-order valence-corrected chi connectivity index (χ2v) is 5.21. The predicted molar refractivity (Wildman–Crippen MR) is 72.4 cm³/mol. The van der Waals surface area contributed by atoms with E-state index < -0.39 is 0 Å². The Morgan fingerprint density at radius 2 is 2.19 bits per heavy atom. The number of halogens is 2. The van der Waals surface area contributed by atoms with E-state index in [1.54, 1.807) is 6.07 Å². The van der Waals surface area contributed by atoms with Crippen LogP contribution in [0.3, 0.4) is 0 Å². The molecule has 1 amide bonds. The SMILES string of the molecule is CCC(CN)NC(=O)c1ccc(Br)cc1Br. The second kappa shape index (κ2) is 6.37. The Morgan fingerprint density at radius 1 is 1.50 bits per heavy atom. The molecule has 88 valence electrons. The Bertz CT molecular complexity index is 378. The molecule has 0 fully saturated rings. The van der Waals surface area contributed by atoms with Crippen LogP contribution in [0.15, 0.2) is 27.1 Å². The quantitative estimate of drug-likeness (QED) is 0.878. The van der Waals surface area contributed by atoms with Crippen LogP contribution in [0.2, 0.25) is 0 Å². The molecule has 0 heterocycles. The second-order valence-electron chi connectivity index (χ2n) is 3.44. The zero-order valence-electron chi connectivity index (χ0n) is 8.97. The zero-order chi connectivity index (χ0) is 12.1. The van der Waals surface area contributed by atoms with E-state index in [1.165, 1.54) is 0 Å². The van der Waals surface area contributed by atoms with Gasteiger partial charge in [-0.2, -0.15) is 0 Å². The van der Waals surface area contributed by atoms with Crippen molar-refractivity contribution in [3.63, 3.8) is 0 Å². The fourth-order valence-electron chi connectivity index (χ4n) is 1.26. The standard InChI is InChI=1S/C11H14Br2N2O/c1-2-8(6-14)15-11(16)9-4-3-7(12)5-10(9)13/h3-5,8H,2,6,14H2,1H3,(H,15,16). The van der Waals surface area contributed by atoms with Crippen LogP contribution in [0.4, 0.5) is 0 Å². The van der Waals surface area contributed by atoms with Gasteiger partial charge in [0, 0.05) is 21.5 Å². The molecule has 3 nitrogen and oxygen atoms in total. The maximum Gasteiger partial charge on any atom is 0.252 e. The molecule has 0 saturated carbocycles. The van der Waals surface area contributed by atoms with E-state index in [2.05, 4.69) is 37.2 Å². The maximum absolute atomic E-state index is 11.9. The van der Waals surface area contributed by atoms with Gasteiger partial charge in [-0.15, -0.1) is 0 Å². The summed E-state index contributed by atoms with van der Waals surface area (Å²) in [5.41, 5.74) is 6.16. The van der Waals surface area contributed by atoms with Gasteiger partial charge in [-0.05, 0) is 40.5 Å².